The maximum Gasteiger partial charge on any atom is 0.354 e. The summed E-state index contributed by atoms with van der Waals surface area (Å²) < 4.78 is 7.20. The van der Waals surface area contributed by atoms with Gasteiger partial charge in [-0.15, -0.1) is 0 Å². The third-order valence-corrected chi connectivity index (χ3v) is 4.44. The normalized spacial score (nSPS) is 11.0. The Morgan fingerprint density at radius 2 is 2.14 bits per heavy atom. The minimum Gasteiger partial charge on any atom is -0.461 e. The topological polar surface area (TPSA) is 31.2 Å². The van der Waals surface area contributed by atoms with Gasteiger partial charge in [-0.2, -0.15) is 11.8 Å². The van der Waals surface area contributed by atoms with E-state index in [1.807, 2.05) is 47.5 Å². The van der Waals surface area contributed by atoms with Crippen molar-refractivity contribution < 1.29 is 9.53 Å². The molecular formula is C16H20ClNO2S. The van der Waals surface area contributed by atoms with Crippen molar-refractivity contribution in [3.05, 3.63) is 35.0 Å². The van der Waals surface area contributed by atoms with E-state index in [0.717, 1.165) is 35.4 Å². The Kier molecular flexibility index (Phi) is 6.00. The number of thioether (sulfide) groups is 1. The second kappa shape index (κ2) is 7.76. The molecule has 5 heteroatoms. The van der Waals surface area contributed by atoms with Crippen molar-refractivity contribution in [2.24, 2.45) is 0 Å². The minimum atomic E-state index is -0.270. The second-order valence-electron chi connectivity index (χ2n) is 4.66. The van der Waals surface area contributed by atoms with Gasteiger partial charge < -0.3 is 9.30 Å². The summed E-state index contributed by atoms with van der Waals surface area (Å²) in [5.74, 6) is 1.94. The maximum absolute atomic E-state index is 12.1. The van der Waals surface area contributed by atoms with Crippen LogP contribution in [0.25, 0.3) is 10.9 Å². The summed E-state index contributed by atoms with van der Waals surface area (Å²) in [4.78, 5) is 12.1. The molecule has 2 aromatic rings. The highest BCUT2D eigenvalue weighted by atomic mass is 35.5. The molecule has 1 aromatic heterocycles. The molecule has 0 aliphatic rings. The lowest BCUT2D eigenvalue weighted by Gasteiger charge is -2.10. The van der Waals surface area contributed by atoms with E-state index in [1.54, 1.807) is 0 Å². The molecule has 2 rings (SSSR count). The molecule has 0 aliphatic carbocycles. The zero-order valence-electron chi connectivity index (χ0n) is 12.4. The Hall–Kier alpha value is -1.13. The Labute approximate surface area is 134 Å². The number of fused-ring (bicyclic) bond motifs is 1. The van der Waals surface area contributed by atoms with E-state index in [9.17, 15) is 4.79 Å². The number of aryl methyl sites for hydroxylation is 1. The number of carbonyl (C=O) groups excluding carboxylic acids is 1. The number of nitrogens with zero attached hydrogens (tertiary/aromatic N) is 1. The third kappa shape index (κ3) is 3.95. The van der Waals surface area contributed by atoms with Gasteiger partial charge in [0.2, 0.25) is 0 Å². The van der Waals surface area contributed by atoms with E-state index < -0.39 is 0 Å². The van der Waals surface area contributed by atoms with E-state index in [4.69, 9.17) is 16.3 Å². The fraction of sp³-hybridized carbons (Fsp3) is 0.438. The first-order chi connectivity index (χ1) is 10.2. The Bertz CT molecular complexity index is 624. The lowest BCUT2D eigenvalue weighted by atomic mass is 10.2. The van der Waals surface area contributed by atoms with Gasteiger partial charge in [-0.1, -0.05) is 18.5 Å². The zero-order valence-corrected chi connectivity index (χ0v) is 14.0. The molecule has 0 atom stereocenters. The number of aromatic nitrogens is 1. The molecule has 0 radical (unpaired) electrons. The molecule has 1 aromatic carbocycles. The molecule has 0 bridgehead atoms. The van der Waals surface area contributed by atoms with Crippen LogP contribution in [0.1, 0.15) is 30.8 Å². The van der Waals surface area contributed by atoms with Gasteiger partial charge >= 0.3 is 5.97 Å². The summed E-state index contributed by atoms with van der Waals surface area (Å²) in [6.45, 7) is 5.17. The van der Waals surface area contributed by atoms with Crippen LogP contribution in [0.5, 0.6) is 0 Å². The highest BCUT2D eigenvalue weighted by Crippen LogP contribution is 2.24. The quantitative estimate of drug-likeness (QED) is 0.550. The standard InChI is InChI=1S/C16H20ClNO2S/c1-3-20-16(19)15-11-12-10-13(17)6-7-14(12)18(15)8-5-9-21-4-2/h6-7,10-11H,3-5,8-9H2,1-2H3. The summed E-state index contributed by atoms with van der Waals surface area (Å²) in [5.41, 5.74) is 1.64. The predicted molar refractivity (Wildman–Crippen MR) is 90.5 cm³/mol. The Morgan fingerprint density at radius 1 is 1.33 bits per heavy atom. The van der Waals surface area contributed by atoms with E-state index in [2.05, 4.69) is 6.92 Å². The molecule has 0 spiro atoms. The second-order valence-corrected chi connectivity index (χ2v) is 6.49. The maximum atomic E-state index is 12.1. The number of benzene rings is 1. The van der Waals surface area contributed by atoms with Crippen molar-refractivity contribution >= 4 is 40.2 Å². The number of carbonyl (C=O) groups is 1. The van der Waals surface area contributed by atoms with Gasteiger partial charge in [-0.05, 0) is 49.1 Å². The SMILES string of the molecule is CCOC(=O)c1cc2cc(Cl)ccc2n1CCCSCC. The van der Waals surface area contributed by atoms with Crippen LogP contribution in [0.15, 0.2) is 24.3 Å². The van der Waals surface area contributed by atoms with Crippen molar-refractivity contribution in [2.45, 2.75) is 26.8 Å². The van der Waals surface area contributed by atoms with Crippen molar-refractivity contribution in [1.82, 2.24) is 4.57 Å². The van der Waals surface area contributed by atoms with E-state index in [0.29, 0.717) is 17.3 Å². The zero-order chi connectivity index (χ0) is 15.2. The molecule has 1 heterocycles. The van der Waals surface area contributed by atoms with Crippen molar-refractivity contribution in [3.8, 4) is 0 Å². The predicted octanol–water partition coefficient (Wildman–Crippen LogP) is 4.61. The van der Waals surface area contributed by atoms with Crippen LogP contribution in [0.3, 0.4) is 0 Å². The van der Waals surface area contributed by atoms with Gasteiger partial charge in [0.25, 0.3) is 0 Å². The number of halogens is 1. The van der Waals surface area contributed by atoms with Crippen LogP contribution in [-0.2, 0) is 11.3 Å². The van der Waals surface area contributed by atoms with Gasteiger partial charge in [0.1, 0.15) is 5.69 Å². The molecule has 0 amide bonds. The number of rotatable bonds is 7. The molecule has 0 aliphatic heterocycles. The summed E-state index contributed by atoms with van der Waals surface area (Å²) in [5, 5.41) is 1.66. The number of esters is 1. The van der Waals surface area contributed by atoms with E-state index >= 15 is 0 Å². The molecule has 0 saturated heterocycles. The van der Waals surface area contributed by atoms with Crippen LogP contribution < -0.4 is 0 Å². The van der Waals surface area contributed by atoms with Gasteiger partial charge in [-0.25, -0.2) is 4.79 Å². The average Bonchev–Trinajstić information content (AvgIpc) is 2.82. The van der Waals surface area contributed by atoms with Gasteiger partial charge in [-0.3, -0.25) is 0 Å². The number of ether oxygens (including phenoxy) is 1. The molecule has 0 fully saturated rings. The fourth-order valence-corrected chi connectivity index (χ4v) is 3.13. The summed E-state index contributed by atoms with van der Waals surface area (Å²) in [6, 6.07) is 7.58. The lowest BCUT2D eigenvalue weighted by molar-refractivity contribution is 0.0514. The summed E-state index contributed by atoms with van der Waals surface area (Å²) in [6.07, 6.45) is 1.03. The molecule has 114 valence electrons. The van der Waals surface area contributed by atoms with Crippen LogP contribution in [0.2, 0.25) is 5.02 Å². The minimum absolute atomic E-state index is 0.270. The number of hydrogen-bond donors (Lipinski definition) is 0. The van der Waals surface area contributed by atoms with E-state index in [1.165, 1.54) is 0 Å². The molecular weight excluding hydrogens is 306 g/mol. The highest BCUT2D eigenvalue weighted by Gasteiger charge is 2.16. The lowest BCUT2D eigenvalue weighted by Crippen LogP contribution is -2.12. The first-order valence-electron chi connectivity index (χ1n) is 7.21. The van der Waals surface area contributed by atoms with Gasteiger partial charge in [0, 0.05) is 22.5 Å². The largest absolute Gasteiger partial charge is 0.461 e. The molecule has 21 heavy (non-hydrogen) atoms. The first kappa shape index (κ1) is 16.2. The molecule has 0 N–H and O–H groups in total. The van der Waals surface area contributed by atoms with Crippen molar-refractivity contribution in [3.63, 3.8) is 0 Å². The van der Waals surface area contributed by atoms with Crippen molar-refractivity contribution in [1.29, 1.82) is 0 Å². The fourth-order valence-electron chi connectivity index (χ4n) is 2.33. The van der Waals surface area contributed by atoms with Crippen LogP contribution in [-0.4, -0.2) is 28.6 Å². The summed E-state index contributed by atoms with van der Waals surface area (Å²) in [7, 11) is 0. The third-order valence-electron chi connectivity index (χ3n) is 3.22. The molecule has 3 nitrogen and oxygen atoms in total. The highest BCUT2D eigenvalue weighted by molar-refractivity contribution is 7.99. The molecule has 0 unspecified atom stereocenters. The van der Waals surface area contributed by atoms with Crippen LogP contribution in [0, 0.1) is 0 Å². The molecule has 0 saturated carbocycles. The number of hydrogen-bond acceptors (Lipinski definition) is 3. The van der Waals surface area contributed by atoms with Gasteiger partial charge in [0.05, 0.1) is 6.61 Å². The average molecular weight is 326 g/mol. The van der Waals surface area contributed by atoms with E-state index in [-0.39, 0.29) is 5.97 Å². The Morgan fingerprint density at radius 3 is 2.86 bits per heavy atom. The van der Waals surface area contributed by atoms with Crippen LogP contribution in [0.4, 0.5) is 0 Å². The Balaban J connectivity index is 2.32. The monoisotopic (exact) mass is 325 g/mol. The first-order valence-corrected chi connectivity index (χ1v) is 8.74. The van der Waals surface area contributed by atoms with Crippen molar-refractivity contribution in [2.75, 3.05) is 18.1 Å². The van der Waals surface area contributed by atoms with Crippen LogP contribution >= 0.6 is 23.4 Å². The smallest absolute Gasteiger partial charge is 0.354 e. The van der Waals surface area contributed by atoms with Gasteiger partial charge in [0.15, 0.2) is 0 Å². The summed E-state index contributed by atoms with van der Waals surface area (Å²) >= 11 is 7.95.